The van der Waals surface area contributed by atoms with E-state index in [2.05, 4.69) is 20.9 Å². The number of rotatable bonds is 2. The Labute approximate surface area is 96.5 Å². The highest BCUT2D eigenvalue weighted by atomic mass is 79.9. The molecule has 0 saturated carbocycles. The number of nitrogens with zero attached hydrogens (tertiary/aromatic N) is 1. The van der Waals surface area contributed by atoms with E-state index < -0.39 is 5.60 Å². The molecule has 3 nitrogen and oxygen atoms in total. The zero-order chi connectivity index (χ0) is 11.0. The van der Waals surface area contributed by atoms with E-state index in [0.717, 1.165) is 4.60 Å². The van der Waals surface area contributed by atoms with Crippen molar-refractivity contribution in [3.05, 3.63) is 15.0 Å². The molecule has 0 spiro atoms. The molecule has 80 valence electrons. The Hall–Kier alpha value is 0.0300. The number of halogens is 1. The summed E-state index contributed by atoms with van der Waals surface area (Å²) in [6.45, 7) is 6.04. The maximum Gasteiger partial charge on any atom is 0.133 e. The van der Waals surface area contributed by atoms with Crippen molar-refractivity contribution in [2.45, 2.75) is 26.4 Å². The maximum atomic E-state index is 10.4. The van der Waals surface area contributed by atoms with Gasteiger partial charge in [-0.15, -0.1) is 11.3 Å². The van der Waals surface area contributed by atoms with E-state index in [4.69, 9.17) is 5.73 Å². The minimum absolute atomic E-state index is 0.177. The lowest BCUT2D eigenvalue weighted by Crippen LogP contribution is -2.46. The fourth-order valence-corrected chi connectivity index (χ4v) is 2.73. The van der Waals surface area contributed by atoms with Gasteiger partial charge in [0.1, 0.15) is 15.2 Å². The van der Waals surface area contributed by atoms with Crippen molar-refractivity contribution in [2.24, 2.45) is 11.1 Å². The highest BCUT2D eigenvalue weighted by Crippen LogP contribution is 2.40. The molecule has 0 aliphatic carbocycles. The van der Waals surface area contributed by atoms with Crippen LogP contribution in [-0.4, -0.2) is 16.6 Å². The Morgan fingerprint density at radius 3 is 2.43 bits per heavy atom. The van der Waals surface area contributed by atoms with Crippen molar-refractivity contribution >= 4 is 27.3 Å². The predicted molar refractivity (Wildman–Crippen MR) is 62.2 cm³/mol. The standard InChI is InChI=1S/C9H15BrN2OS/c1-8(2,3)9(13,5-11)7-12-6(10)4-14-7/h4,13H,5,11H2,1-3H3. The largest absolute Gasteiger partial charge is 0.381 e. The van der Waals surface area contributed by atoms with Gasteiger partial charge in [0, 0.05) is 11.9 Å². The smallest absolute Gasteiger partial charge is 0.133 e. The van der Waals surface area contributed by atoms with Gasteiger partial charge in [-0.05, 0) is 21.3 Å². The van der Waals surface area contributed by atoms with E-state index in [9.17, 15) is 5.11 Å². The van der Waals surface area contributed by atoms with Crippen molar-refractivity contribution in [3.63, 3.8) is 0 Å². The van der Waals surface area contributed by atoms with E-state index in [1.165, 1.54) is 11.3 Å². The number of aromatic nitrogens is 1. The molecule has 14 heavy (non-hydrogen) atoms. The minimum atomic E-state index is -1.05. The molecule has 3 N–H and O–H groups in total. The Kier molecular flexibility index (Phi) is 3.36. The molecule has 1 unspecified atom stereocenters. The number of hydrogen-bond donors (Lipinski definition) is 2. The topological polar surface area (TPSA) is 59.1 Å². The lowest BCUT2D eigenvalue weighted by Gasteiger charge is -2.37. The summed E-state index contributed by atoms with van der Waals surface area (Å²) < 4.78 is 0.744. The van der Waals surface area contributed by atoms with E-state index in [0.29, 0.717) is 5.01 Å². The quantitative estimate of drug-likeness (QED) is 0.871. The van der Waals surface area contributed by atoms with Gasteiger partial charge < -0.3 is 10.8 Å². The van der Waals surface area contributed by atoms with Crippen molar-refractivity contribution in [2.75, 3.05) is 6.54 Å². The first-order chi connectivity index (χ1) is 6.31. The molecule has 0 amide bonds. The fourth-order valence-electron chi connectivity index (χ4n) is 1.16. The third kappa shape index (κ3) is 2.00. The van der Waals surface area contributed by atoms with E-state index in [1.807, 2.05) is 26.2 Å². The highest BCUT2D eigenvalue weighted by molar-refractivity contribution is 9.10. The van der Waals surface area contributed by atoms with Crippen LogP contribution in [0.3, 0.4) is 0 Å². The van der Waals surface area contributed by atoms with Crippen LogP contribution in [0.2, 0.25) is 0 Å². The SMILES string of the molecule is CC(C)(C)C(O)(CN)c1nc(Br)cs1. The van der Waals surface area contributed by atoms with Gasteiger partial charge in [-0.2, -0.15) is 0 Å². The molecule has 0 saturated heterocycles. The van der Waals surface area contributed by atoms with Gasteiger partial charge in [0.15, 0.2) is 0 Å². The van der Waals surface area contributed by atoms with Gasteiger partial charge in [0.25, 0.3) is 0 Å². The summed E-state index contributed by atoms with van der Waals surface area (Å²) in [5, 5.41) is 13.0. The fraction of sp³-hybridized carbons (Fsp3) is 0.667. The van der Waals surface area contributed by atoms with Gasteiger partial charge >= 0.3 is 0 Å². The van der Waals surface area contributed by atoms with Crippen LogP contribution < -0.4 is 5.73 Å². The van der Waals surface area contributed by atoms with Crippen LogP contribution in [0.4, 0.5) is 0 Å². The molecule has 1 rings (SSSR count). The van der Waals surface area contributed by atoms with Crippen molar-refractivity contribution < 1.29 is 5.11 Å². The van der Waals surface area contributed by atoms with Gasteiger partial charge in [0.2, 0.25) is 0 Å². The normalized spacial score (nSPS) is 16.7. The molecule has 1 aromatic heterocycles. The van der Waals surface area contributed by atoms with Crippen molar-refractivity contribution in [1.82, 2.24) is 4.98 Å². The first-order valence-corrected chi connectivity index (χ1v) is 6.02. The molecule has 0 fully saturated rings. The molecule has 1 aromatic rings. The summed E-state index contributed by atoms with van der Waals surface area (Å²) in [6, 6.07) is 0. The average molecular weight is 279 g/mol. The average Bonchev–Trinajstić information content (AvgIpc) is 2.48. The van der Waals surface area contributed by atoms with Gasteiger partial charge in [0.05, 0.1) is 0 Å². The van der Waals surface area contributed by atoms with Crippen LogP contribution in [0, 0.1) is 5.41 Å². The lowest BCUT2D eigenvalue weighted by atomic mass is 9.77. The minimum Gasteiger partial charge on any atom is -0.381 e. The maximum absolute atomic E-state index is 10.4. The third-order valence-corrected chi connectivity index (χ3v) is 4.07. The van der Waals surface area contributed by atoms with Gasteiger partial charge in [-0.25, -0.2) is 4.98 Å². The molecule has 0 radical (unpaired) electrons. The molecule has 0 aliphatic heterocycles. The number of aliphatic hydroxyl groups is 1. The molecule has 0 aliphatic rings. The molecule has 1 heterocycles. The van der Waals surface area contributed by atoms with E-state index >= 15 is 0 Å². The second-order valence-corrected chi connectivity index (χ2v) is 5.96. The summed E-state index contributed by atoms with van der Waals surface area (Å²) >= 11 is 4.69. The second-order valence-electron chi connectivity index (χ2n) is 4.29. The van der Waals surface area contributed by atoms with Crippen LogP contribution in [0.15, 0.2) is 9.98 Å². The lowest BCUT2D eigenvalue weighted by molar-refractivity contribution is -0.0559. The van der Waals surface area contributed by atoms with Crippen LogP contribution >= 0.6 is 27.3 Å². The first-order valence-electron chi connectivity index (χ1n) is 4.35. The Morgan fingerprint density at radius 2 is 2.14 bits per heavy atom. The first kappa shape index (κ1) is 12.1. The van der Waals surface area contributed by atoms with Gasteiger partial charge in [-0.1, -0.05) is 20.8 Å². The zero-order valence-corrected chi connectivity index (χ0v) is 10.9. The van der Waals surface area contributed by atoms with E-state index in [-0.39, 0.29) is 12.0 Å². The molecular formula is C9H15BrN2OS. The molecule has 0 bridgehead atoms. The molecule has 1 atom stereocenters. The molecular weight excluding hydrogens is 264 g/mol. The summed E-state index contributed by atoms with van der Waals surface area (Å²) in [5.74, 6) is 0. The van der Waals surface area contributed by atoms with Crippen LogP contribution in [-0.2, 0) is 5.60 Å². The molecule has 5 heteroatoms. The summed E-state index contributed by atoms with van der Waals surface area (Å²) in [5.41, 5.74) is 4.26. The van der Waals surface area contributed by atoms with Gasteiger partial charge in [-0.3, -0.25) is 0 Å². The van der Waals surface area contributed by atoms with Crippen LogP contribution in [0.5, 0.6) is 0 Å². The Balaban J connectivity index is 3.14. The number of hydrogen-bond acceptors (Lipinski definition) is 4. The van der Waals surface area contributed by atoms with Crippen molar-refractivity contribution in [1.29, 1.82) is 0 Å². The number of nitrogens with two attached hydrogens (primary N) is 1. The Bertz CT molecular complexity index is 321. The zero-order valence-electron chi connectivity index (χ0n) is 8.54. The Morgan fingerprint density at radius 1 is 1.57 bits per heavy atom. The number of thiazole rings is 1. The molecule has 0 aromatic carbocycles. The monoisotopic (exact) mass is 278 g/mol. The van der Waals surface area contributed by atoms with Crippen molar-refractivity contribution in [3.8, 4) is 0 Å². The second kappa shape index (κ2) is 3.89. The third-order valence-electron chi connectivity index (χ3n) is 2.37. The summed E-state index contributed by atoms with van der Waals surface area (Å²) in [4.78, 5) is 4.23. The highest BCUT2D eigenvalue weighted by Gasteiger charge is 2.42. The van der Waals surface area contributed by atoms with E-state index in [1.54, 1.807) is 0 Å². The predicted octanol–water partition coefficient (Wildman–Crippen LogP) is 2.10. The van der Waals surface area contributed by atoms with Crippen LogP contribution in [0.1, 0.15) is 25.8 Å². The van der Waals surface area contributed by atoms with Crippen LogP contribution in [0.25, 0.3) is 0 Å². The summed E-state index contributed by atoms with van der Waals surface area (Å²) in [7, 11) is 0. The summed E-state index contributed by atoms with van der Waals surface area (Å²) in [6.07, 6.45) is 0.